The van der Waals surface area contributed by atoms with Crippen LogP contribution in [0.2, 0.25) is 0 Å². The Morgan fingerprint density at radius 3 is 1.94 bits per heavy atom. The summed E-state index contributed by atoms with van der Waals surface area (Å²) < 4.78 is 0. The van der Waals surface area contributed by atoms with Crippen molar-refractivity contribution < 1.29 is 9.90 Å². The number of carboxylic acid groups (broad SMARTS) is 1. The fourth-order valence-corrected chi connectivity index (χ4v) is 2.21. The van der Waals surface area contributed by atoms with E-state index in [4.69, 9.17) is 5.11 Å². The normalized spacial score (nSPS) is 12.1. The van der Waals surface area contributed by atoms with Gasteiger partial charge in [0.1, 0.15) is 0 Å². The van der Waals surface area contributed by atoms with E-state index >= 15 is 0 Å². The summed E-state index contributed by atoms with van der Waals surface area (Å²) in [5, 5.41) is 8.64. The Hall–Kier alpha value is -0.570. The molecule has 0 aliphatic heterocycles. The first kappa shape index (κ1) is 16.4. The van der Waals surface area contributed by atoms with Gasteiger partial charge in [0.15, 0.2) is 0 Å². The van der Waals surface area contributed by atoms with Gasteiger partial charge in [-0.05, 0) is 44.7 Å². The van der Waals surface area contributed by atoms with Crippen LogP contribution >= 0.6 is 0 Å². The first-order valence-electron chi connectivity index (χ1n) is 6.75. The van der Waals surface area contributed by atoms with E-state index in [-0.39, 0.29) is 6.42 Å². The second-order valence-electron chi connectivity index (χ2n) is 5.89. The lowest BCUT2D eigenvalue weighted by molar-refractivity contribution is -0.137. The molecule has 0 atom stereocenters. The van der Waals surface area contributed by atoms with E-state index in [1.165, 1.54) is 12.8 Å². The first-order chi connectivity index (χ1) is 7.82. The van der Waals surface area contributed by atoms with E-state index in [2.05, 4.69) is 39.6 Å². The van der Waals surface area contributed by atoms with E-state index in [0.717, 1.165) is 13.0 Å². The quantitative estimate of drug-likeness (QED) is 0.676. The number of nitrogens with zero attached hydrogens (tertiary/aromatic N) is 1. The minimum absolute atomic E-state index is 0.278. The van der Waals surface area contributed by atoms with Crippen molar-refractivity contribution in [1.82, 2.24) is 4.90 Å². The molecular weight excluding hydrogens is 214 g/mol. The second-order valence-corrected chi connectivity index (χ2v) is 5.89. The number of rotatable bonds is 9. The van der Waals surface area contributed by atoms with Gasteiger partial charge in [-0.2, -0.15) is 0 Å². The van der Waals surface area contributed by atoms with Crippen LogP contribution in [0.1, 0.15) is 53.4 Å². The van der Waals surface area contributed by atoms with Crippen LogP contribution < -0.4 is 0 Å². The Morgan fingerprint density at radius 1 is 1.12 bits per heavy atom. The van der Waals surface area contributed by atoms with Gasteiger partial charge in [-0.25, -0.2) is 0 Å². The molecule has 0 aromatic heterocycles. The van der Waals surface area contributed by atoms with Crippen molar-refractivity contribution in [1.29, 1.82) is 0 Å². The molecule has 0 saturated heterocycles. The third kappa shape index (κ3) is 9.16. The Kier molecular flexibility index (Phi) is 8.23. The van der Waals surface area contributed by atoms with Crippen LogP contribution in [-0.4, -0.2) is 35.6 Å². The smallest absolute Gasteiger partial charge is 0.303 e. The van der Waals surface area contributed by atoms with Crippen LogP contribution in [-0.2, 0) is 4.79 Å². The van der Waals surface area contributed by atoms with E-state index in [1.54, 1.807) is 0 Å². The Labute approximate surface area is 106 Å². The molecule has 0 unspecified atom stereocenters. The van der Waals surface area contributed by atoms with Gasteiger partial charge in [0.25, 0.3) is 0 Å². The predicted molar refractivity (Wildman–Crippen MR) is 72.2 cm³/mol. The third-order valence-electron chi connectivity index (χ3n) is 3.01. The zero-order chi connectivity index (χ0) is 13.4. The largest absolute Gasteiger partial charge is 0.481 e. The van der Waals surface area contributed by atoms with Crippen molar-refractivity contribution in [3.63, 3.8) is 0 Å². The van der Waals surface area contributed by atoms with E-state index in [0.29, 0.717) is 17.9 Å². The molecule has 102 valence electrons. The molecule has 0 bridgehead atoms. The SMILES string of the molecule is CC(C)CC(CC(C)C)N(C)CCCC(=O)O. The van der Waals surface area contributed by atoms with Crippen LogP contribution in [0.25, 0.3) is 0 Å². The highest BCUT2D eigenvalue weighted by Crippen LogP contribution is 2.18. The number of aliphatic carboxylic acids is 1. The predicted octanol–water partition coefficient (Wildman–Crippen LogP) is 3.24. The van der Waals surface area contributed by atoms with Crippen LogP contribution in [0.15, 0.2) is 0 Å². The average Bonchev–Trinajstić information content (AvgIpc) is 2.14. The molecule has 17 heavy (non-hydrogen) atoms. The average molecular weight is 243 g/mol. The number of hydrogen-bond acceptors (Lipinski definition) is 2. The highest BCUT2D eigenvalue weighted by molar-refractivity contribution is 5.66. The highest BCUT2D eigenvalue weighted by atomic mass is 16.4. The number of carboxylic acids is 1. The molecule has 0 aromatic rings. The van der Waals surface area contributed by atoms with Gasteiger partial charge in [-0.15, -0.1) is 0 Å². The van der Waals surface area contributed by atoms with Gasteiger partial charge in [-0.1, -0.05) is 27.7 Å². The fraction of sp³-hybridized carbons (Fsp3) is 0.929. The molecule has 0 spiro atoms. The second kappa shape index (κ2) is 8.51. The lowest BCUT2D eigenvalue weighted by Gasteiger charge is -2.30. The minimum atomic E-state index is -0.692. The zero-order valence-electron chi connectivity index (χ0n) is 12.1. The molecule has 1 N–H and O–H groups in total. The topological polar surface area (TPSA) is 40.5 Å². The summed E-state index contributed by atoms with van der Waals surface area (Å²) in [6.45, 7) is 9.88. The Balaban J connectivity index is 4.11. The lowest BCUT2D eigenvalue weighted by atomic mass is 9.94. The number of hydrogen-bond donors (Lipinski definition) is 1. The summed E-state index contributed by atoms with van der Waals surface area (Å²) in [5.74, 6) is 0.698. The van der Waals surface area contributed by atoms with Gasteiger partial charge >= 0.3 is 5.97 Å². The molecule has 0 amide bonds. The minimum Gasteiger partial charge on any atom is -0.481 e. The molecule has 0 fully saturated rings. The Bertz CT molecular complexity index is 204. The van der Waals surface area contributed by atoms with E-state index in [1.807, 2.05) is 0 Å². The van der Waals surface area contributed by atoms with Crippen LogP contribution in [0.4, 0.5) is 0 Å². The van der Waals surface area contributed by atoms with Crippen molar-refractivity contribution >= 4 is 5.97 Å². The standard InChI is InChI=1S/C14H29NO2/c1-11(2)9-13(10-12(3)4)15(5)8-6-7-14(16)17/h11-13H,6-10H2,1-5H3,(H,16,17). The molecule has 3 nitrogen and oxygen atoms in total. The Morgan fingerprint density at radius 2 is 1.59 bits per heavy atom. The summed E-state index contributed by atoms with van der Waals surface area (Å²) >= 11 is 0. The monoisotopic (exact) mass is 243 g/mol. The van der Waals surface area contributed by atoms with Crippen LogP contribution in [0.5, 0.6) is 0 Å². The maximum atomic E-state index is 10.5. The van der Waals surface area contributed by atoms with Gasteiger partial charge < -0.3 is 10.0 Å². The highest BCUT2D eigenvalue weighted by Gasteiger charge is 2.17. The van der Waals surface area contributed by atoms with E-state index < -0.39 is 5.97 Å². The van der Waals surface area contributed by atoms with Gasteiger partial charge in [0.05, 0.1) is 0 Å². The summed E-state index contributed by atoms with van der Waals surface area (Å²) in [5.41, 5.74) is 0. The van der Waals surface area contributed by atoms with Gasteiger partial charge in [-0.3, -0.25) is 4.79 Å². The van der Waals surface area contributed by atoms with Crippen LogP contribution in [0.3, 0.4) is 0 Å². The first-order valence-corrected chi connectivity index (χ1v) is 6.75. The summed E-state index contributed by atoms with van der Waals surface area (Å²) in [7, 11) is 2.12. The van der Waals surface area contributed by atoms with Crippen molar-refractivity contribution in [2.75, 3.05) is 13.6 Å². The molecule has 0 radical (unpaired) electrons. The molecule has 0 aliphatic rings. The molecule has 0 aromatic carbocycles. The van der Waals surface area contributed by atoms with Crippen molar-refractivity contribution in [2.24, 2.45) is 11.8 Å². The molecular formula is C14H29NO2. The molecule has 0 aliphatic carbocycles. The van der Waals surface area contributed by atoms with Gasteiger partial charge in [0.2, 0.25) is 0 Å². The fourth-order valence-electron chi connectivity index (χ4n) is 2.21. The molecule has 0 heterocycles. The number of carbonyl (C=O) groups is 1. The summed E-state index contributed by atoms with van der Waals surface area (Å²) in [6.07, 6.45) is 3.42. The zero-order valence-corrected chi connectivity index (χ0v) is 12.1. The van der Waals surface area contributed by atoms with Gasteiger partial charge in [0, 0.05) is 12.5 Å². The van der Waals surface area contributed by atoms with E-state index in [9.17, 15) is 4.79 Å². The lowest BCUT2D eigenvalue weighted by Crippen LogP contribution is -2.35. The maximum Gasteiger partial charge on any atom is 0.303 e. The summed E-state index contributed by atoms with van der Waals surface area (Å²) in [6, 6.07) is 0.587. The maximum absolute atomic E-state index is 10.5. The van der Waals surface area contributed by atoms with Crippen molar-refractivity contribution in [2.45, 2.75) is 59.4 Å². The third-order valence-corrected chi connectivity index (χ3v) is 3.01. The van der Waals surface area contributed by atoms with Crippen molar-refractivity contribution in [3.8, 4) is 0 Å². The summed E-state index contributed by atoms with van der Waals surface area (Å²) in [4.78, 5) is 12.8. The van der Waals surface area contributed by atoms with Crippen molar-refractivity contribution in [3.05, 3.63) is 0 Å². The molecule has 0 saturated carbocycles. The molecule has 3 heteroatoms. The van der Waals surface area contributed by atoms with Crippen LogP contribution in [0, 0.1) is 11.8 Å². The molecule has 0 rings (SSSR count).